The van der Waals surface area contributed by atoms with Crippen molar-refractivity contribution in [3.63, 3.8) is 0 Å². The van der Waals surface area contributed by atoms with Crippen LogP contribution >= 0.6 is 0 Å². The molecule has 1 amide bonds. The van der Waals surface area contributed by atoms with Crippen molar-refractivity contribution in [3.05, 3.63) is 22.5 Å². The highest BCUT2D eigenvalue weighted by molar-refractivity contribution is 6.06. The number of methoxy groups -OCH3 is 1. The van der Waals surface area contributed by atoms with Gasteiger partial charge < -0.3 is 18.9 Å². The minimum absolute atomic E-state index is 0.0129. The van der Waals surface area contributed by atoms with Gasteiger partial charge in [0.25, 0.3) is 0 Å². The van der Waals surface area contributed by atoms with Crippen molar-refractivity contribution < 1.29 is 23.9 Å². The van der Waals surface area contributed by atoms with E-state index in [1.807, 2.05) is 18.4 Å². The lowest BCUT2D eigenvalue weighted by atomic mass is 9.99. The van der Waals surface area contributed by atoms with Crippen LogP contribution in [0.1, 0.15) is 71.6 Å². The molecular weight excluding hydrogens is 372 g/mol. The molecule has 2 aliphatic rings. The van der Waals surface area contributed by atoms with Gasteiger partial charge in [-0.2, -0.15) is 0 Å². The Labute approximate surface area is 172 Å². The molecule has 29 heavy (non-hydrogen) atoms. The van der Waals surface area contributed by atoms with Crippen LogP contribution in [0.2, 0.25) is 0 Å². The van der Waals surface area contributed by atoms with Gasteiger partial charge in [-0.25, -0.2) is 4.79 Å². The molecular formula is C22H32N2O5. The number of aromatic nitrogens is 1. The summed E-state index contributed by atoms with van der Waals surface area (Å²) in [4.78, 5) is 40.5. The van der Waals surface area contributed by atoms with Crippen molar-refractivity contribution in [2.75, 3.05) is 20.3 Å². The Hall–Kier alpha value is -2.15. The summed E-state index contributed by atoms with van der Waals surface area (Å²) < 4.78 is 12.5. The fraction of sp³-hybridized carbons (Fsp3) is 0.682. The number of ether oxygens (including phenoxy) is 2. The predicted octanol–water partition coefficient (Wildman–Crippen LogP) is 2.90. The van der Waals surface area contributed by atoms with Crippen LogP contribution in [-0.4, -0.2) is 59.5 Å². The van der Waals surface area contributed by atoms with Crippen LogP contribution in [0.15, 0.2) is 0 Å². The topological polar surface area (TPSA) is 77.8 Å². The summed E-state index contributed by atoms with van der Waals surface area (Å²) in [6.07, 6.45) is 3.66. The third-order valence-corrected chi connectivity index (χ3v) is 6.19. The van der Waals surface area contributed by atoms with Gasteiger partial charge in [0.1, 0.15) is 5.69 Å². The van der Waals surface area contributed by atoms with Crippen molar-refractivity contribution in [2.24, 2.45) is 5.92 Å². The van der Waals surface area contributed by atoms with E-state index in [0.717, 1.165) is 31.4 Å². The van der Waals surface area contributed by atoms with Gasteiger partial charge in [0.05, 0.1) is 19.3 Å². The molecule has 1 aliphatic carbocycles. The van der Waals surface area contributed by atoms with Crippen molar-refractivity contribution in [2.45, 2.75) is 72.1 Å². The van der Waals surface area contributed by atoms with E-state index in [9.17, 15) is 14.4 Å². The van der Waals surface area contributed by atoms with Crippen molar-refractivity contribution in [3.8, 4) is 0 Å². The molecule has 1 saturated heterocycles. The number of nitrogens with zero attached hydrogens (tertiary/aromatic N) is 2. The minimum Gasteiger partial charge on any atom is -0.464 e. The fourth-order valence-electron chi connectivity index (χ4n) is 4.38. The maximum atomic E-state index is 13.5. The largest absolute Gasteiger partial charge is 0.464 e. The number of carbonyl (C=O) groups is 3. The Morgan fingerprint density at radius 2 is 1.93 bits per heavy atom. The Kier molecular flexibility index (Phi) is 6.46. The molecule has 1 saturated carbocycles. The highest BCUT2D eigenvalue weighted by Crippen LogP contribution is 2.33. The number of ketones is 1. The quantitative estimate of drug-likeness (QED) is 0.492. The highest BCUT2D eigenvalue weighted by Gasteiger charge is 2.40. The first-order valence-electron chi connectivity index (χ1n) is 10.6. The van der Waals surface area contributed by atoms with Gasteiger partial charge in [-0.1, -0.05) is 0 Å². The van der Waals surface area contributed by atoms with E-state index in [1.165, 1.54) is 7.11 Å². The molecule has 2 atom stereocenters. The van der Waals surface area contributed by atoms with Crippen LogP contribution in [-0.2, 0) is 20.8 Å². The molecule has 2 fully saturated rings. The standard InChI is InChI=1S/C22H32N2O5/c1-6-23-14(3)18(13(2)19(23)22(27)28-5)20(25)15(4)24(21(26)16-9-10-16)12-17-8-7-11-29-17/h15-17H,6-12H2,1-5H3. The van der Waals surface area contributed by atoms with Crippen LogP contribution < -0.4 is 0 Å². The summed E-state index contributed by atoms with van der Waals surface area (Å²) in [5.41, 5.74) is 2.27. The van der Waals surface area contributed by atoms with Gasteiger partial charge in [-0.05, 0) is 58.9 Å². The molecule has 7 heteroatoms. The van der Waals surface area contributed by atoms with Crippen LogP contribution in [0.5, 0.6) is 0 Å². The van der Waals surface area contributed by atoms with E-state index in [-0.39, 0.29) is 23.7 Å². The van der Waals surface area contributed by atoms with E-state index in [2.05, 4.69) is 0 Å². The molecule has 7 nitrogen and oxygen atoms in total. The van der Waals surface area contributed by atoms with Gasteiger partial charge >= 0.3 is 5.97 Å². The molecule has 3 rings (SSSR count). The van der Waals surface area contributed by atoms with E-state index in [4.69, 9.17) is 9.47 Å². The first-order valence-corrected chi connectivity index (χ1v) is 10.6. The Bertz CT molecular complexity index is 803. The number of rotatable bonds is 8. The van der Waals surface area contributed by atoms with Gasteiger partial charge in [0.2, 0.25) is 5.91 Å². The fourth-order valence-corrected chi connectivity index (χ4v) is 4.38. The lowest BCUT2D eigenvalue weighted by Crippen LogP contribution is -2.47. The number of hydrogen-bond donors (Lipinski definition) is 0. The Morgan fingerprint density at radius 3 is 2.45 bits per heavy atom. The van der Waals surface area contributed by atoms with Gasteiger partial charge in [0.15, 0.2) is 5.78 Å². The zero-order chi connectivity index (χ0) is 21.3. The lowest BCUT2D eigenvalue weighted by Gasteiger charge is -2.31. The molecule has 1 aromatic heterocycles. The second-order valence-corrected chi connectivity index (χ2v) is 8.11. The van der Waals surface area contributed by atoms with Crippen LogP contribution in [0, 0.1) is 19.8 Å². The summed E-state index contributed by atoms with van der Waals surface area (Å²) in [6, 6.07) is -0.608. The first kappa shape index (κ1) is 21.6. The molecule has 0 N–H and O–H groups in total. The monoisotopic (exact) mass is 404 g/mol. The summed E-state index contributed by atoms with van der Waals surface area (Å²) in [7, 11) is 1.34. The number of hydrogen-bond acceptors (Lipinski definition) is 5. The second kappa shape index (κ2) is 8.69. The smallest absolute Gasteiger partial charge is 0.354 e. The third-order valence-electron chi connectivity index (χ3n) is 6.19. The molecule has 2 unspecified atom stereocenters. The molecule has 1 aliphatic heterocycles. The summed E-state index contributed by atoms with van der Waals surface area (Å²) in [5, 5.41) is 0. The molecule has 0 spiro atoms. The van der Waals surface area contributed by atoms with Crippen LogP contribution in [0.25, 0.3) is 0 Å². The maximum Gasteiger partial charge on any atom is 0.354 e. The normalized spacial score (nSPS) is 19.8. The molecule has 0 aromatic carbocycles. The molecule has 2 heterocycles. The van der Waals surface area contributed by atoms with Gasteiger partial charge in [0, 0.05) is 36.9 Å². The van der Waals surface area contributed by atoms with E-state index < -0.39 is 12.0 Å². The molecule has 1 aromatic rings. The first-order chi connectivity index (χ1) is 13.8. The summed E-state index contributed by atoms with van der Waals surface area (Å²) >= 11 is 0. The van der Waals surface area contributed by atoms with E-state index in [0.29, 0.717) is 36.5 Å². The second-order valence-electron chi connectivity index (χ2n) is 8.11. The zero-order valence-corrected chi connectivity index (χ0v) is 18.1. The average Bonchev–Trinajstić information content (AvgIpc) is 3.37. The molecule has 160 valence electrons. The Morgan fingerprint density at radius 1 is 1.24 bits per heavy atom. The third kappa shape index (κ3) is 4.10. The van der Waals surface area contributed by atoms with Crippen molar-refractivity contribution >= 4 is 17.7 Å². The zero-order valence-electron chi connectivity index (χ0n) is 18.1. The number of esters is 1. The van der Waals surface area contributed by atoms with Crippen molar-refractivity contribution in [1.29, 1.82) is 0 Å². The van der Waals surface area contributed by atoms with Crippen LogP contribution in [0.4, 0.5) is 0 Å². The number of carbonyl (C=O) groups excluding carboxylic acids is 3. The number of Topliss-reactive ketones (excluding diaryl/α,β-unsaturated/α-hetero) is 1. The lowest BCUT2D eigenvalue weighted by molar-refractivity contribution is -0.135. The van der Waals surface area contributed by atoms with E-state index >= 15 is 0 Å². The van der Waals surface area contributed by atoms with Crippen LogP contribution in [0.3, 0.4) is 0 Å². The van der Waals surface area contributed by atoms with Crippen molar-refractivity contribution in [1.82, 2.24) is 9.47 Å². The summed E-state index contributed by atoms with van der Waals surface area (Å²) in [6.45, 7) is 9.04. The van der Waals surface area contributed by atoms with E-state index in [1.54, 1.807) is 18.7 Å². The molecule has 0 radical (unpaired) electrons. The molecule has 0 bridgehead atoms. The number of amides is 1. The van der Waals surface area contributed by atoms with Gasteiger partial charge in [-0.15, -0.1) is 0 Å². The predicted molar refractivity (Wildman–Crippen MR) is 108 cm³/mol. The SMILES string of the molecule is CCn1c(C)c(C(=O)C(C)N(CC2CCCO2)C(=O)C2CC2)c(C)c1C(=O)OC. The summed E-state index contributed by atoms with van der Waals surface area (Å²) in [5.74, 6) is -0.520. The van der Waals surface area contributed by atoms with Gasteiger partial charge in [-0.3, -0.25) is 9.59 Å². The maximum absolute atomic E-state index is 13.5. The Balaban J connectivity index is 1.93. The minimum atomic E-state index is -0.608. The average molecular weight is 405 g/mol. The highest BCUT2D eigenvalue weighted by atomic mass is 16.5.